The topological polar surface area (TPSA) is 49.3 Å². The van der Waals surface area contributed by atoms with Gasteiger partial charge in [0.25, 0.3) is 5.91 Å². The van der Waals surface area contributed by atoms with E-state index in [1.807, 2.05) is 12.1 Å². The average Bonchev–Trinajstić information content (AvgIpc) is 2.45. The monoisotopic (exact) mass is 283 g/mol. The van der Waals surface area contributed by atoms with E-state index in [1.54, 1.807) is 18.2 Å². The Hall–Kier alpha value is -2.29. The van der Waals surface area contributed by atoms with E-state index < -0.39 is 0 Å². The van der Waals surface area contributed by atoms with Gasteiger partial charge >= 0.3 is 0 Å². The number of benzene rings is 2. The maximum absolute atomic E-state index is 12.0. The number of rotatable bonds is 3. The average molecular weight is 283 g/mol. The van der Waals surface area contributed by atoms with Gasteiger partial charge < -0.3 is 10.4 Å². The van der Waals surface area contributed by atoms with Crippen molar-refractivity contribution in [2.75, 3.05) is 0 Å². The van der Waals surface area contributed by atoms with Crippen molar-refractivity contribution in [1.29, 1.82) is 0 Å². The largest absolute Gasteiger partial charge is 0.507 e. The number of phenols is 1. The van der Waals surface area contributed by atoms with Crippen LogP contribution in [0.3, 0.4) is 0 Å². The fraction of sp³-hybridized carbons (Fsp3) is 0.278. The van der Waals surface area contributed by atoms with Crippen molar-refractivity contribution in [3.8, 4) is 5.75 Å². The van der Waals surface area contributed by atoms with Crippen LogP contribution in [0.2, 0.25) is 0 Å². The summed E-state index contributed by atoms with van der Waals surface area (Å²) in [6, 6.07) is 14.7. The highest BCUT2D eigenvalue weighted by molar-refractivity contribution is 5.96. The summed E-state index contributed by atoms with van der Waals surface area (Å²) < 4.78 is 0. The van der Waals surface area contributed by atoms with Crippen LogP contribution in [0.4, 0.5) is 0 Å². The second-order valence-electron chi connectivity index (χ2n) is 6.15. The second-order valence-corrected chi connectivity index (χ2v) is 6.15. The summed E-state index contributed by atoms with van der Waals surface area (Å²) in [4.78, 5) is 12.0. The van der Waals surface area contributed by atoms with Crippen LogP contribution in [0, 0.1) is 0 Å². The minimum absolute atomic E-state index is 0.00178. The lowest BCUT2D eigenvalue weighted by atomic mass is 9.87. The minimum atomic E-state index is -0.270. The Morgan fingerprint density at radius 1 is 1.05 bits per heavy atom. The van der Waals surface area contributed by atoms with Crippen molar-refractivity contribution in [3.63, 3.8) is 0 Å². The number of hydrogen-bond donors (Lipinski definition) is 2. The Balaban J connectivity index is 2.00. The maximum atomic E-state index is 12.0. The molecule has 0 saturated carbocycles. The van der Waals surface area contributed by atoms with E-state index in [-0.39, 0.29) is 17.1 Å². The van der Waals surface area contributed by atoms with Crippen LogP contribution in [0.15, 0.2) is 48.5 Å². The molecule has 110 valence electrons. The highest BCUT2D eigenvalue weighted by Gasteiger charge is 2.13. The predicted molar refractivity (Wildman–Crippen MR) is 84.4 cm³/mol. The predicted octanol–water partition coefficient (Wildman–Crippen LogP) is 3.62. The number of aromatic hydroxyl groups is 1. The van der Waals surface area contributed by atoms with E-state index >= 15 is 0 Å². The van der Waals surface area contributed by atoms with Gasteiger partial charge in [-0.3, -0.25) is 4.79 Å². The van der Waals surface area contributed by atoms with Crippen LogP contribution >= 0.6 is 0 Å². The molecular formula is C18H21NO2. The second kappa shape index (κ2) is 6.00. The Labute approximate surface area is 125 Å². The molecule has 0 spiro atoms. The summed E-state index contributed by atoms with van der Waals surface area (Å²) >= 11 is 0. The number of hydrogen-bond acceptors (Lipinski definition) is 2. The van der Waals surface area contributed by atoms with Gasteiger partial charge in [-0.15, -0.1) is 0 Å². The first-order valence-corrected chi connectivity index (χ1v) is 7.03. The lowest BCUT2D eigenvalue weighted by Gasteiger charge is -2.19. The number of nitrogens with one attached hydrogen (secondary N) is 1. The zero-order valence-electron chi connectivity index (χ0n) is 12.7. The zero-order chi connectivity index (χ0) is 15.5. The Kier molecular flexibility index (Phi) is 4.32. The molecule has 0 heterocycles. The van der Waals surface area contributed by atoms with E-state index in [4.69, 9.17) is 0 Å². The zero-order valence-corrected chi connectivity index (χ0v) is 12.7. The van der Waals surface area contributed by atoms with Crippen molar-refractivity contribution in [2.24, 2.45) is 0 Å². The summed E-state index contributed by atoms with van der Waals surface area (Å²) in [5, 5.41) is 12.5. The molecule has 0 unspecified atom stereocenters. The van der Waals surface area contributed by atoms with Crippen molar-refractivity contribution in [2.45, 2.75) is 32.7 Å². The molecule has 2 aromatic carbocycles. The lowest BCUT2D eigenvalue weighted by molar-refractivity contribution is 0.0948. The van der Waals surface area contributed by atoms with Gasteiger partial charge in [0.05, 0.1) is 5.56 Å². The first-order chi connectivity index (χ1) is 9.88. The van der Waals surface area contributed by atoms with Gasteiger partial charge in [0.15, 0.2) is 0 Å². The lowest BCUT2D eigenvalue weighted by Crippen LogP contribution is -2.23. The van der Waals surface area contributed by atoms with Crippen LogP contribution in [0.1, 0.15) is 42.3 Å². The maximum Gasteiger partial charge on any atom is 0.255 e. The van der Waals surface area contributed by atoms with Crippen molar-refractivity contribution in [3.05, 3.63) is 65.2 Å². The number of carbonyl (C=O) groups is 1. The molecule has 2 N–H and O–H groups in total. The summed E-state index contributed by atoms with van der Waals surface area (Å²) in [6.07, 6.45) is 0. The normalized spacial score (nSPS) is 11.2. The molecule has 0 radical (unpaired) electrons. The molecular weight excluding hydrogens is 262 g/mol. The summed E-state index contributed by atoms with van der Waals surface area (Å²) in [6.45, 7) is 6.95. The van der Waals surface area contributed by atoms with Gasteiger partial charge in [-0.2, -0.15) is 0 Å². The van der Waals surface area contributed by atoms with Crippen molar-refractivity contribution >= 4 is 5.91 Å². The highest BCUT2D eigenvalue weighted by Crippen LogP contribution is 2.22. The molecule has 21 heavy (non-hydrogen) atoms. The Morgan fingerprint density at radius 3 is 2.24 bits per heavy atom. The molecule has 0 saturated heterocycles. The number of para-hydroxylation sites is 1. The highest BCUT2D eigenvalue weighted by atomic mass is 16.3. The third-order valence-electron chi connectivity index (χ3n) is 3.42. The van der Waals surface area contributed by atoms with Gasteiger partial charge in [0.2, 0.25) is 0 Å². The number of phenolic OH excluding ortho intramolecular Hbond substituents is 1. The first-order valence-electron chi connectivity index (χ1n) is 7.03. The van der Waals surface area contributed by atoms with E-state index in [2.05, 4.69) is 38.2 Å². The van der Waals surface area contributed by atoms with E-state index in [1.165, 1.54) is 11.6 Å². The van der Waals surface area contributed by atoms with E-state index in [0.29, 0.717) is 12.1 Å². The molecule has 0 aliphatic carbocycles. The summed E-state index contributed by atoms with van der Waals surface area (Å²) in [5.41, 5.74) is 2.71. The molecule has 2 rings (SSSR count). The van der Waals surface area contributed by atoms with Gasteiger partial charge in [-0.05, 0) is 28.7 Å². The smallest absolute Gasteiger partial charge is 0.255 e. The minimum Gasteiger partial charge on any atom is -0.507 e. The van der Waals surface area contributed by atoms with Crippen LogP contribution in [0.5, 0.6) is 5.75 Å². The Morgan fingerprint density at radius 2 is 1.67 bits per heavy atom. The fourth-order valence-electron chi connectivity index (χ4n) is 2.07. The SMILES string of the molecule is CC(C)(C)c1ccc(CNC(=O)c2ccccc2O)cc1. The molecule has 0 atom stereocenters. The first kappa shape index (κ1) is 15.1. The molecule has 3 nitrogen and oxygen atoms in total. The fourth-order valence-corrected chi connectivity index (χ4v) is 2.07. The molecule has 0 fully saturated rings. The van der Waals surface area contributed by atoms with Crippen LogP contribution in [0.25, 0.3) is 0 Å². The molecule has 0 aliphatic heterocycles. The van der Waals surface area contributed by atoms with Crippen LogP contribution in [-0.4, -0.2) is 11.0 Å². The van der Waals surface area contributed by atoms with E-state index in [9.17, 15) is 9.90 Å². The third kappa shape index (κ3) is 3.85. The van der Waals surface area contributed by atoms with Gasteiger partial charge in [-0.25, -0.2) is 0 Å². The number of amides is 1. The summed E-state index contributed by atoms with van der Waals surface area (Å²) in [7, 11) is 0. The quantitative estimate of drug-likeness (QED) is 0.904. The Bertz CT molecular complexity index is 624. The molecule has 2 aromatic rings. The van der Waals surface area contributed by atoms with Gasteiger partial charge in [0, 0.05) is 6.54 Å². The molecule has 0 bridgehead atoms. The summed E-state index contributed by atoms with van der Waals surface area (Å²) in [5.74, 6) is -0.272. The van der Waals surface area contributed by atoms with Gasteiger partial charge in [0.1, 0.15) is 5.75 Å². The van der Waals surface area contributed by atoms with Crippen molar-refractivity contribution in [1.82, 2.24) is 5.32 Å². The van der Waals surface area contributed by atoms with Crippen LogP contribution in [-0.2, 0) is 12.0 Å². The number of carbonyl (C=O) groups excluding carboxylic acids is 1. The molecule has 0 aromatic heterocycles. The van der Waals surface area contributed by atoms with Crippen molar-refractivity contribution < 1.29 is 9.90 Å². The van der Waals surface area contributed by atoms with Gasteiger partial charge in [-0.1, -0.05) is 57.2 Å². The molecule has 3 heteroatoms. The third-order valence-corrected chi connectivity index (χ3v) is 3.42. The molecule has 0 aliphatic rings. The van der Waals surface area contributed by atoms with E-state index in [0.717, 1.165) is 5.56 Å². The van der Waals surface area contributed by atoms with Crippen LogP contribution < -0.4 is 5.32 Å². The molecule has 1 amide bonds. The standard InChI is InChI=1S/C18H21NO2/c1-18(2,3)14-10-8-13(9-11-14)12-19-17(21)15-6-4-5-7-16(15)20/h4-11,20H,12H2,1-3H3,(H,19,21).